The molecule has 0 radical (unpaired) electrons. The molecule has 0 rings (SSSR count). The highest BCUT2D eigenvalue weighted by Gasteiger charge is 1.62. The molecule has 0 aromatic heterocycles. The van der Waals surface area contributed by atoms with Gasteiger partial charge in [-0.15, -0.1) is 31.1 Å². The highest BCUT2D eigenvalue weighted by Crippen LogP contribution is 1.77. The molecule has 0 unspecified atom stereocenters. The Morgan fingerprint density at radius 3 is 1.27 bits per heavy atom. The summed E-state index contributed by atoms with van der Waals surface area (Å²) >= 11 is 0. The van der Waals surface area contributed by atoms with E-state index < -0.39 is 0 Å². The van der Waals surface area contributed by atoms with Gasteiger partial charge in [-0.3, -0.25) is 0 Å². The van der Waals surface area contributed by atoms with Crippen LogP contribution >= 0.6 is 0 Å². The molecule has 1 nitrogen and oxygen atoms in total. The van der Waals surface area contributed by atoms with Crippen LogP contribution in [-0.4, -0.2) is 13.7 Å². The molecule has 0 aromatic rings. The third-order valence-corrected chi connectivity index (χ3v) is 1.02. The van der Waals surface area contributed by atoms with Crippen molar-refractivity contribution in [3.63, 3.8) is 0 Å². The zero-order valence-electron chi connectivity index (χ0n) is 10.2. The summed E-state index contributed by atoms with van der Waals surface area (Å²) in [7, 11) is 1.57. The number of methoxy groups -OCH3 is 1. The Kier molecular flexibility index (Phi) is 37.7. The molecule has 15 heavy (non-hydrogen) atoms. The van der Waals surface area contributed by atoms with Crippen LogP contribution in [0.3, 0.4) is 0 Å². The molecule has 0 aliphatic heterocycles. The standard InChI is InChI=1S/2C5H8.C4H6O/c2*1-3-5-4-2;1-3-4-5-2/h2*1H,4-5H2,2H3;1H,4H2,2H3. The number of hydrogen-bond donors (Lipinski definition) is 0. The van der Waals surface area contributed by atoms with Crippen LogP contribution in [0.2, 0.25) is 0 Å². The average Bonchev–Trinajstić information content (AvgIpc) is 2.23. The summed E-state index contributed by atoms with van der Waals surface area (Å²) in [4.78, 5) is 0. The van der Waals surface area contributed by atoms with E-state index in [2.05, 4.69) is 36.3 Å². The van der Waals surface area contributed by atoms with Crippen molar-refractivity contribution < 1.29 is 4.74 Å². The van der Waals surface area contributed by atoms with Crippen LogP contribution in [0.5, 0.6) is 0 Å². The van der Waals surface area contributed by atoms with Crippen molar-refractivity contribution >= 4 is 0 Å². The van der Waals surface area contributed by atoms with Crippen molar-refractivity contribution in [2.75, 3.05) is 13.7 Å². The molecular weight excluding hydrogens is 184 g/mol. The molecule has 0 aliphatic rings. The van der Waals surface area contributed by atoms with Gasteiger partial charge in [0.1, 0.15) is 6.61 Å². The molecule has 0 fully saturated rings. The van der Waals surface area contributed by atoms with Gasteiger partial charge in [0.05, 0.1) is 0 Å². The first kappa shape index (κ1) is 19.2. The maximum atomic E-state index is 4.89. The Hall–Kier alpha value is -1.36. The van der Waals surface area contributed by atoms with Crippen molar-refractivity contribution in [2.45, 2.75) is 39.5 Å². The van der Waals surface area contributed by atoms with E-state index in [0.717, 1.165) is 25.7 Å². The van der Waals surface area contributed by atoms with E-state index in [0.29, 0.717) is 6.61 Å². The van der Waals surface area contributed by atoms with Gasteiger partial charge < -0.3 is 4.74 Å². The first-order valence-corrected chi connectivity index (χ1v) is 5.04. The summed E-state index contributed by atoms with van der Waals surface area (Å²) in [5.41, 5.74) is 0. The van der Waals surface area contributed by atoms with Crippen LogP contribution < -0.4 is 0 Å². The number of hydrogen-bond acceptors (Lipinski definition) is 1. The minimum absolute atomic E-state index is 0.417. The van der Waals surface area contributed by atoms with Crippen LogP contribution in [0.4, 0.5) is 0 Å². The minimum atomic E-state index is 0.417. The normalized spacial score (nSPS) is 6.40. The Labute approximate surface area is 95.6 Å². The molecule has 0 spiro atoms. The monoisotopic (exact) mass is 206 g/mol. The van der Waals surface area contributed by atoms with Gasteiger partial charge >= 0.3 is 0 Å². The van der Waals surface area contributed by atoms with E-state index >= 15 is 0 Å². The molecule has 0 atom stereocenters. The molecule has 0 saturated carbocycles. The van der Waals surface area contributed by atoms with E-state index in [-0.39, 0.29) is 0 Å². The molecule has 0 aromatic carbocycles. The summed E-state index contributed by atoms with van der Waals surface area (Å²) in [6.07, 6.45) is 18.6. The fourth-order valence-corrected chi connectivity index (χ4v) is 0.372. The second kappa shape index (κ2) is 29.3. The highest BCUT2D eigenvalue weighted by molar-refractivity contribution is 4.82. The first-order valence-electron chi connectivity index (χ1n) is 5.04. The Morgan fingerprint density at radius 2 is 1.27 bits per heavy atom. The van der Waals surface area contributed by atoms with E-state index in [4.69, 9.17) is 19.3 Å². The molecule has 0 N–H and O–H groups in total. The topological polar surface area (TPSA) is 9.23 Å². The number of unbranched alkanes of at least 4 members (excludes halogenated alkanes) is 2. The molecule has 0 aliphatic carbocycles. The quantitative estimate of drug-likeness (QED) is 0.645. The SMILES string of the molecule is C#CCCC.C#CCCC.C#CCOC. The Morgan fingerprint density at radius 1 is 0.867 bits per heavy atom. The maximum Gasteiger partial charge on any atom is 0.107 e. The first-order chi connectivity index (χ1) is 7.24. The molecule has 0 saturated heterocycles. The molecule has 0 bridgehead atoms. The van der Waals surface area contributed by atoms with Gasteiger partial charge in [0.15, 0.2) is 0 Å². The van der Waals surface area contributed by atoms with Crippen molar-refractivity contribution in [2.24, 2.45) is 0 Å². The summed E-state index contributed by atoms with van der Waals surface area (Å²) in [6, 6.07) is 0. The molecular formula is C14H22O. The van der Waals surface area contributed by atoms with Crippen LogP contribution in [0.1, 0.15) is 39.5 Å². The zero-order chi connectivity index (χ0) is 12.4. The van der Waals surface area contributed by atoms with Gasteiger partial charge in [-0.05, 0) is 12.8 Å². The van der Waals surface area contributed by atoms with Gasteiger partial charge in [-0.2, -0.15) is 0 Å². The van der Waals surface area contributed by atoms with Crippen molar-refractivity contribution in [3.05, 3.63) is 0 Å². The molecule has 0 amide bonds. The van der Waals surface area contributed by atoms with Crippen LogP contribution in [0.15, 0.2) is 0 Å². The summed E-state index contributed by atoms with van der Waals surface area (Å²) in [5, 5.41) is 0. The molecule has 84 valence electrons. The molecule has 1 heteroatoms. The Bertz CT molecular complexity index is 159. The maximum absolute atomic E-state index is 4.89. The second-order valence-corrected chi connectivity index (χ2v) is 2.55. The number of terminal acetylenes is 3. The lowest BCUT2D eigenvalue weighted by atomic mass is 10.4. The van der Waals surface area contributed by atoms with Gasteiger partial charge in [0, 0.05) is 20.0 Å². The lowest BCUT2D eigenvalue weighted by molar-refractivity contribution is 0.240. The number of ether oxygens (including phenoxy) is 1. The largest absolute Gasteiger partial charge is 0.372 e. The summed E-state index contributed by atoms with van der Waals surface area (Å²) in [5.74, 6) is 7.33. The van der Waals surface area contributed by atoms with Crippen LogP contribution in [-0.2, 0) is 4.74 Å². The van der Waals surface area contributed by atoms with E-state index in [1.807, 2.05) is 0 Å². The third kappa shape index (κ3) is 66.5. The Balaban J connectivity index is -0.000000144. The van der Waals surface area contributed by atoms with E-state index in [9.17, 15) is 0 Å². The van der Waals surface area contributed by atoms with Crippen molar-refractivity contribution in [3.8, 4) is 37.0 Å². The average molecular weight is 206 g/mol. The fourth-order valence-electron chi connectivity index (χ4n) is 0.372. The van der Waals surface area contributed by atoms with Gasteiger partial charge in [-0.25, -0.2) is 0 Å². The predicted octanol–water partition coefficient (Wildman–Crippen LogP) is 3.11. The van der Waals surface area contributed by atoms with Gasteiger partial charge in [0.2, 0.25) is 0 Å². The van der Waals surface area contributed by atoms with Crippen molar-refractivity contribution in [1.82, 2.24) is 0 Å². The van der Waals surface area contributed by atoms with E-state index in [1.165, 1.54) is 0 Å². The minimum Gasteiger partial charge on any atom is -0.372 e. The van der Waals surface area contributed by atoms with Gasteiger partial charge in [0.25, 0.3) is 0 Å². The summed E-state index contributed by atoms with van der Waals surface area (Å²) in [6.45, 7) is 4.56. The highest BCUT2D eigenvalue weighted by atomic mass is 16.5. The van der Waals surface area contributed by atoms with Crippen LogP contribution in [0.25, 0.3) is 0 Å². The smallest absolute Gasteiger partial charge is 0.107 e. The summed E-state index contributed by atoms with van der Waals surface area (Å²) < 4.78 is 4.45. The van der Waals surface area contributed by atoms with Gasteiger partial charge in [-0.1, -0.05) is 19.8 Å². The lowest BCUT2D eigenvalue weighted by Gasteiger charge is -1.76. The zero-order valence-corrected chi connectivity index (χ0v) is 10.2. The molecule has 0 heterocycles. The van der Waals surface area contributed by atoms with Crippen molar-refractivity contribution in [1.29, 1.82) is 0 Å². The third-order valence-electron chi connectivity index (χ3n) is 1.02. The predicted molar refractivity (Wildman–Crippen MR) is 68.2 cm³/mol. The second-order valence-electron chi connectivity index (χ2n) is 2.55. The lowest BCUT2D eigenvalue weighted by Crippen LogP contribution is -1.77. The van der Waals surface area contributed by atoms with E-state index in [1.54, 1.807) is 7.11 Å². The number of rotatable bonds is 3. The van der Waals surface area contributed by atoms with Crippen LogP contribution in [0, 0.1) is 37.0 Å². The fraction of sp³-hybridized carbons (Fsp3) is 0.571.